The number of nitriles is 1. The summed E-state index contributed by atoms with van der Waals surface area (Å²) in [5.41, 5.74) is 1.38. The lowest BCUT2D eigenvalue weighted by atomic mass is 9.65. The first-order valence-electron chi connectivity index (χ1n) is 8.94. The molecule has 3 aromatic heterocycles. The summed E-state index contributed by atoms with van der Waals surface area (Å²) in [7, 11) is 0. The number of aromatic amines is 1. The Hall–Kier alpha value is -2.92. The average Bonchev–Trinajstić information content (AvgIpc) is 3.31. The first kappa shape index (κ1) is 15.3. The number of aromatic nitrogens is 5. The van der Waals surface area contributed by atoms with Gasteiger partial charge in [0.15, 0.2) is 11.5 Å². The summed E-state index contributed by atoms with van der Waals surface area (Å²) in [4.78, 5) is 7.12. The third-order valence-electron chi connectivity index (χ3n) is 5.51. The van der Waals surface area contributed by atoms with E-state index in [9.17, 15) is 5.26 Å². The number of anilines is 1. The molecule has 4 heterocycles. The topological polar surface area (TPSA) is 95.7 Å². The number of hydrogen-bond donors (Lipinski definition) is 1. The third-order valence-corrected chi connectivity index (χ3v) is 5.51. The second kappa shape index (κ2) is 5.81. The Labute approximate surface area is 150 Å². The van der Waals surface area contributed by atoms with Gasteiger partial charge in [0, 0.05) is 24.5 Å². The van der Waals surface area contributed by atoms with Crippen LogP contribution in [0, 0.1) is 11.3 Å². The Balaban J connectivity index is 1.73. The zero-order chi connectivity index (χ0) is 17.6. The first-order chi connectivity index (χ1) is 12.8. The summed E-state index contributed by atoms with van der Waals surface area (Å²) < 4.78 is 7.24. The molecule has 1 aliphatic carbocycles. The molecule has 0 aromatic carbocycles. The smallest absolute Gasteiger partial charge is 0.167 e. The predicted molar refractivity (Wildman–Crippen MR) is 95.2 cm³/mol. The van der Waals surface area contributed by atoms with Gasteiger partial charge in [-0.25, -0.2) is 4.98 Å². The molecule has 2 fully saturated rings. The van der Waals surface area contributed by atoms with Gasteiger partial charge in [-0.1, -0.05) is 0 Å². The molecular weight excluding hydrogens is 330 g/mol. The molecule has 0 radical (unpaired) electrons. The normalized spacial score (nSPS) is 19.3. The number of pyridine rings is 1. The average molecular weight is 349 g/mol. The monoisotopic (exact) mass is 349 g/mol. The minimum atomic E-state index is -0.427. The summed E-state index contributed by atoms with van der Waals surface area (Å²) in [5, 5.41) is 22.3. The molecular formula is C18H19N7O. The number of fused-ring (bicyclic) bond motifs is 1. The molecule has 26 heavy (non-hydrogen) atoms. The SMILES string of the molecule is N#CC1(c2cc(N3CCOCC3)nc3c2cnn3-c2ccn[nH]2)CCC1. The Morgan fingerprint density at radius 2 is 2.12 bits per heavy atom. The fraction of sp³-hybridized carbons (Fsp3) is 0.444. The van der Waals surface area contributed by atoms with Gasteiger partial charge in [-0.05, 0) is 30.9 Å². The van der Waals surface area contributed by atoms with Crippen molar-refractivity contribution in [1.29, 1.82) is 5.26 Å². The molecule has 2 aliphatic rings. The standard InChI is InChI=1S/C18H19N7O/c19-12-18(3-1-4-18)14-10-16(24-6-8-26-9-7-24)22-17-13(14)11-21-25(17)15-2-5-20-23-15/h2,5,10-11H,1,3-4,6-9H2,(H,20,23). The van der Waals surface area contributed by atoms with Crippen LogP contribution in [0.1, 0.15) is 24.8 Å². The van der Waals surface area contributed by atoms with Crippen LogP contribution in [0.15, 0.2) is 24.5 Å². The van der Waals surface area contributed by atoms with Gasteiger partial charge in [0.2, 0.25) is 0 Å². The molecule has 1 saturated carbocycles. The molecule has 0 unspecified atom stereocenters. The van der Waals surface area contributed by atoms with Gasteiger partial charge in [0.25, 0.3) is 0 Å². The molecule has 1 aliphatic heterocycles. The molecule has 132 valence electrons. The highest BCUT2D eigenvalue weighted by Crippen LogP contribution is 2.46. The summed E-state index contributed by atoms with van der Waals surface area (Å²) in [5.74, 6) is 1.65. The molecule has 1 N–H and O–H groups in total. The zero-order valence-corrected chi connectivity index (χ0v) is 14.4. The first-order valence-corrected chi connectivity index (χ1v) is 8.94. The Morgan fingerprint density at radius 3 is 2.77 bits per heavy atom. The minimum Gasteiger partial charge on any atom is -0.378 e. The van der Waals surface area contributed by atoms with E-state index < -0.39 is 5.41 Å². The van der Waals surface area contributed by atoms with Crippen molar-refractivity contribution in [1.82, 2.24) is 25.0 Å². The fourth-order valence-corrected chi connectivity index (χ4v) is 3.85. The Kier molecular flexibility index (Phi) is 3.43. The van der Waals surface area contributed by atoms with Gasteiger partial charge in [0.1, 0.15) is 5.82 Å². The number of hydrogen-bond acceptors (Lipinski definition) is 6. The molecule has 8 heteroatoms. The number of ether oxygens (including phenoxy) is 1. The van der Waals surface area contributed by atoms with Crippen molar-refractivity contribution in [3.63, 3.8) is 0 Å². The number of rotatable bonds is 3. The van der Waals surface area contributed by atoms with Crippen LogP contribution in [0.3, 0.4) is 0 Å². The molecule has 0 spiro atoms. The number of H-pyrrole nitrogens is 1. The maximum absolute atomic E-state index is 9.89. The van der Waals surface area contributed by atoms with Gasteiger partial charge in [-0.15, -0.1) is 0 Å². The third kappa shape index (κ3) is 2.21. The maximum atomic E-state index is 9.89. The minimum absolute atomic E-state index is 0.427. The van der Waals surface area contributed by atoms with Crippen LogP contribution in [0.2, 0.25) is 0 Å². The second-order valence-electron chi connectivity index (χ2n) is 6.91. The van der Waals surface area contributed by atoms with Crippen LogP contribution in [-0.4, -0.2) is 51.3 Å². The van der Waals surface area contributed by atoms with E-state index in [0.717, 1.165) is 60.6 Å². The van der Waals surface area contributed by atoms with E-state index >= 15 is 0 Å². The van der Waals surface area contributed by atoms with Gasteiger partial charge in [-0.3, -0.25) is 5.10 Å². The summed E-state index contributed by atoms with van der Waals surface area (Å²) in [6.07, 6.45) is 6.37. The van der Waals surface area contributed by atoms with E-state index in [0.29, 0.717) is 13.2 Å². The van der Waals surface area contributed by atoms with Crippen molar-refractivity contribution in [2.24, 2.45) is 0 Å². The molecule has 1 saturated heterocycles. The lowest BCUT2D eigenvalue weighted by molar-refractivity contribution is 0.122. The van der Waals surface area contributed by atoms with Gasteiger partial charge in [0.05, 0.1) is 37.1 Å². The molecule has 0 amide bonds. The largest absolute Gasteiger partial charge is 0.378 e. The maximum Gasteiger partial charge on any atom is 0.167 e. The molecule has 0 bridgehead atoms. The van der Waals surface area contributed by atoms with E-state index in [1.54, 1.807) is 10.9 Å². The molecule has 5 rings (SSSR count). The van der Waals surface area contributed by atoms with Crippen LogP contribution in [0.5, 0.6) is 0 Å². The van der Waals surface area contributed by atoms with E-state index in [4.69, 9.17) is 9.72 Å². The van der Waals surface area contributed by atoms with Crippen LogP contribution < -0.4 is 4.90 Å². The van der Waals surface area contributed by atoms with Crippen molar-refractivity contribution in [3.8, 4) is 11.9 Å². The van der Waals surface area contributed by atoms with E-state index in [2.05, 4.69) is 32.3 Å². The van der Waals surface area contributed by atoms with Crippen molar-refractivity contribution in [3.05, 3.63) is 30.1 Å². The summed E-state index contributed by atoms with van der Waals surface area (Å²) in [6, 6.07) is 6.52. The highest BCUT2D eigenvalue weighted by molar-refractivity contribution is 5.84. The molecule has 3 aromatic rings. The summed E-state index contributed by atoms with van der Waals surface area (Å²) >= 11 is 0. The van der Waals surface area contributed by atoms with E-state index in [1.165, 1.54) is 0 Å². The fourth-order valence-electron chi connectivity index (χ4n) is 3.85. The van der Waals surface area contributed by atoms with Gasteiger partial charge < -0.3 is 9.64 Å². The van der Waals surface area contributed by atoms with Gasteiger partial charge >= 0.3 is 0 Å². The van der Waals surface area contributed by atoms with Crippen molar-refractivity contribution in [2.45, 2.75) is 24.7 Å². The number of nitrogens with one attached hydrogen (secondary N) is 1. The highest BCUT2D eigenvalue weighted by Gasteiger charge is 2.41. The van der Waals surface area contributed by atoms with E-state index in [-0.39, 0.29) is 0 Å². The quantitative estimate of drug-likeness (QED) is 0.776. The van der Waals surface area contributed by atoms with Crippen LogP contribution in [0.25, 0.3) is 16.9 Å². The molecule has 0 atom stereocenters. The molecule has 8 nitrogen and oxygen atoms in total. The number of nitrogens with zero attached hydrogens (tertiary/aromatic N) is 6. The van der Waals surface area contributed by atoms with Crippen molar-refractivity contribution < 1.29 is 4.74 Å². The van der Waals surface area contributed by atoms with Crippen LogP contribution >= 0.6 is 0 Å². The zero-order valence-electron chi connectivity index (χ0n) is 14.4. The van der Waals surface area contributed by atoms with Crippen molar-refractivity contribution >= 4 is 16.9 Å². The highest BCUT2D eigenvalue weighted by atomic mass is 16.5. The van der Waals surface area contributed by atoms with Crippen LogP contribution in [-0.2, 0) is 10.2 Å². The Bertz CT molecular complexity index is 975. The number of morpholine rings is 1. The second-order valence-corrected chi connectivity index (χ2v) is 6.91. The lowest BCUT2D eigenvalue weighted by Crippen LogP contribution is -2.38. The van der Waals surface area contributed by atoms with Crippen molar-refractivity contribution in [2.75, 3.05) is 31.2 Å². The van der Waals surface area contributed by atoms with E-state index in [1.807, 2.05) is 12.3 Å². The lowest BCUT2D eigenvalue weighted by Gasteiger charge is -2.37. The predicted octanol–water partition coefficient (Wildman–Crippen LogP) is 1.93. The Morgan fingerprint density at radius 1 is 1.27 bits per heavy atom. The summed E-state index contributed by atoms with van der Waals surface area (Å²) in [6.45, 7) is 2.99. The van der Waals surface area contributed by atoms with Crippen LogP contribution in [0.4, 0.5) is 5.82 Å². The van der Waals surface area contributed by atoms with Gasteiger partial charge in [-0.2, -0.15) is 20.1 Å².